The number of carbonyl (C=O) groups is 1. The summed E-state index contributed by atoms with van der Waals surface area (Å²) in [5, 5.41) is 9.76. The lowest BCUT2D eigenvalue weighted by molar-refractivity contribution is 0.0597. The van der Waals surface area contributed by atoms with Crippen molar-refractivity contribution in [2.45, 2.75) is 4.21 Å². The molecule has 2 N–H and O–H groups in total. The molecule has 1 aromatic heterocycles. The van der Waals surface area contributed by atoms with E-state index in [1.54, 1.807) is 0 Å². The number of hydrogen-bond donors (Lipinski definition) is 2. The first-order chi connectivity index (χ1) is 10.2. The zero-order valence-corrected chi connectivity index (χ0v) is 14.9. The van der Waals surface area contributed by atoms with Gasteiger partial charge < -0.3 is 9.84 Å². The molecule has 22 heavy (non-hydrogen) atoms. The second kappa shape index (κ2) is 6.45. The molecule has 0 amide bonds. The Morgan fingerprint density at radius 2 is 2.09 bits per heavy atom. The third-order valence-corrected chi connectivity index (χ3v) is 6.85. The van der Waals surface area contributed by atoms with Gasteiger partial charge in [0.2, 0.25) is 0 Å². The molecule has 1 heterocycles. The van der Waals surface area contributed by atoms with E-state index in [1.807, 2.05) is 0 Å². The van der Waals surface area contributed by atoms with Crippen LogP contribution in [0.3, 0.4) is 0 Å². The van der Waals surface area contributed by atoms with Crippen LogP contribution in [0.15, 0.2) is 32.9 Å². The third-order valence-electron chi connectivity index (χ3n) is 2.52. The number of thiophene rings is 1. The van der Waals surface area contributed by atoms with E-state index in [0.717, 1.165) is 17.4 Å². The third kappa shape index (κ3) is 3.54. The molecule has 0 radical (unpaired) electrons. The number of ether oxygens (including phenoxy) is 1. The van der Waals surface area contributed by atoms with E-state index in [9.17, 15) is 18.3 Å². The summed E-state index contributed by atoms with van der Waals surface area (Å²) < 4.78 is 32.0. The Balaban J connectivity index is 2.33. The maximum Gasteiger partial charge on any atom is 0.341 e. The van der Waals surface area contributed by atoms with Gasteiger partial charge in [-0.25, -0.2) is 13.2 Å². The minimum atomic E-state index is -3.87. The monoisotopic (exact) mass is 425 g/mol. The van der Waals surface area contributed by atoms with Crippen LogP contribution in [0.1, 0.15) is 10.4 Å². The number of rotatable bonds is 4. The molecule has 0 fully saturated rings. The number of methoxy groups -OCH3 is 1. The maximum atomic E-state index is 12.3. The van der Waals surface area contributed by atoms with E-state index in [2.05, 4.69) is 25.4 Å². The van der Waals surface area contributed by atoms with Crippen molar-refractivity contribution >= 4 is 60.5 Å². The molecule has 118 valence electrons. The minimum absolute atomic E-state index is 0.00837. The number of sulfonamides is 1. The summed E-state index contributed by atoms with van der Waals surface area (Å²) in [6, 6.07) is 5.19. The molecule has 6 nitrogen and oxygen atoms in total. The van der Waals surface area contributed by atoms with Crippen molar-refractivity contribution in [1.82, 2.24) is 0 Å². The zero-order chi connectivity index (χ0) is 16.5. The normalized spacial score (nSPS) is 11.2. The largest absolute Gasteiger partial charge is 0.507 e. The molecule has 0 saturated carbocycles. The average Bonchev–Trinajstić information content (AvgIpc) is 2.77. The Morgan fingerprint density at radius 3 is 2.59 bits per heavy atom. The van der Waals surface area contributed by atoms with E-state index >= 15 is 0 Å². The van der Waals surface area contributed by atoms with Crippen molar-refractivity contribution in [3.8, 4) is 5.75 Å². The van der Waals surface area contributed by atoms with Crippen molar-refractivity contribution in [3.05, 3.63) is 38.6 Å². The summed E-state index contributed by atoms with van der Waals surface area (Å²) in [6.07, 6.45) is 0. The van der Waals surface area contributed by atoms with Crippen LogP contribution in [0.5, 0.6) is 5.75 Å². The number of halogens is 2. The van der Waals surface area contributed by atoms with Crippen LogP contribution < -0.4 is 4.72 Å². The quantitative estimate of drug-likeness (QED) is 0.730. The predicted octanol–water partition coefficient (Wildman–Crippen LogP) is 3.46. The molecule has 0 bridgehead atoms. The smallest absolute Gasteiger partial charge is 0.341 e. The lowest BCUT2D eigenvalue weighted by Gasteiger charge is -2.09. The van der Waals surface area contributed by atoms with Gasteiger partial charge in [0.05, 0.1) is 21.6 Å². The predicted molar refractivity (Wildman–Crippen MR) is 87.3 cm³/mol. The number of nitrogens with one attached hydrogen (secondary N) is 1. The molecule has 0 unspecified atom stereocenters. The fraction of sp³-hybridized carbons (Fsp3) is 0.0833. The second-order valence-electron chi connectivity index (χ2n) is 4.01. The first-order valence-electron chi connectivity index (χ1n) is 5.63. The van der Waals surface area contributed by atoms with Crippen molar-refractivity contribution in [2.75, 3.05) is 11.8 Å². The summed E-state index contributed by atoms with van der Waals surface area (Å²) in [4.78, 5) is 11.4. The molecule has 0 aliphatic carbocycles. The van der Waals surface area contributed by atoms with Crippen molar-refractivity contribution in [2.24, 2.45) is 0 Å². The Morgan fingerprint density at radius 1 is 1.41 bits per heavy atom. The highest BCUT2D eigenvalue weighted by atomic mass is 79.9. The number of phenols is 1. The molecule has 0 saturated heterocycles. The van der Waals surface area contributed by atoms with Gasteiger partial charge in [-0.2, -0.15) is 0 Å². The van der Waals surface area contributed by atoms with Gasteiger partial charge in [0, 0.05) is 6.07 Å². The topological polar surface area (TPSA) is 92.7 Å². The van der Waals surface area contributed by atoms with Gasteiger partial charge in [0.1, 0.15) is 11.3 Å². The number of esters is 1. The lowest BCUT2D eigenvalue weighted by atomic mass is 10.2. The molecule has 0 aliphatic rings. The molecular formula is C12H9BrClNO5S2. The first-order valence-corrected chi connectivity index (χ1v) is 9.10. The van der Waals surface area contributed by atoms with Crippen molar-refractivity contribution in [3.63, 3.8) is 0 Å². The highest BCUT2D eigenvalue weighted by Gasteiger charge is 2.22. The SMILES string of the molecule is COC(=O)c1ccc(NS(=O)(=O)c2sc(Cl)cc2Br)cc1O. The first kappa shape index (κ1) is 17.1. The number of carbonyl (C=O) groups excluding carboxylic acids is 1. The van der Waals surface area contributed by atoms with Gasteiger partial charge in [-0.05, 0) is 34.1 Å². The summed E-state index contributed by atoms with van der Waals surface area (Å²) in [7, 11) is -2.69. The highest BCUT2D eigenvalue weighted by molar-refractivity contribution is 9.10. The number of aromatic hydroxyl groups is 1. The van der Waals surface area contributed by atoms with Crippen LogP contribution in [0.2, 0.25) is 4.34 Å². The zero-order valence-electron chi connectivity index (χ0n) is 11.0. The van der Waals surface area contributed by atoms with E-state index in [-0.39, 0.29) is 15.5 Å². The Bertz CT molecular complexity index is 834. The van der Waals surface area contributed by atoms with Gasteiger partial charge in [0.15, 0.2) is 4.21 Å². The minimum Gasteiger partial charge on any atom is -0.507 e. The van der Waals surface area contributed by atoms with E-state index in [0.29, 0.717) is 8.81 Å². The molecule has 0 aliphatic heterocycles. The van der Waals surface area contributed by atoms with E-state index < -0.39 is 21.7 Å². The summed E-state index contributed by atoms with van der Waals surface area (Å²) in [5.41, 5.74) is 0.0346. The van der Waals surface area contributed by atoms with Crippen LogP contribution in [-0.4, -0.2) is 26.6 Å². The second-order valence-corrected chi connectivity index (χ2v) is 8.43. The number of phenolic OH excluding ortho intramolecular Hbond substituents is 1. The van der Waals surface area contributed by atoms with Crippen molar-refractivity contribution in [1.29, 1.82) is 0 Å². The Hall–Kier alpha value is -1.29. The Labute approximate surface area is 143 Å². The highest BCUT2D eigenvalue weighted by Crippen LogP contribution is 2.35. The standard InChI is InChI=1S/C12H9BrClNO5S2/c1-20-11(17)7-3-2-6(4-9(7)16)15-22(18,19)12-8(13)5-10(14)21-12/h2-5,15-16H,1H3. The van der Waals surface area contributed by atoms with Gasteiger partial charge in [-0.1, -0.05) is 11.6 Å². The lowest BCUT2D eigenvalue weighted by Crippen LogP contribution is -2.12. The summed E-state index contributed by atoms with van der Waals surface area (Å²) >= 11 is 9.78. The molecule has 2 rings (SSSR count). The van der Waals surface area contributed by atoms with Gasteiger partial charge >= 0.3 is 5.97 Å². The van der Waals surface area contributed by atoms with Crippen LogP contribution in [0, 0.1) is 0 Å². The van der Waals surface area contributed by atoms with Crippen molar-refractivity contribution < 1.29 is 23.1 Å². The molecule has 1 aromatic carbocycles. The van der Waals surface area contributed by atoms with E-state index in [4.69, 9.17) is 11.6 Å². The van der Waals surface area contributed by atoms with Crippen LogP contribution in [0.4, 0.5) is 5.69 Å². The molecule has 0 atom stereocenters. The number of benzene rings is 1. The summed E-state index contributed by atoms with van der Waals surface area (Å²) in [5.74, 6) is -1.12. The maximum absolute atomic E-state index is 12.3. The van der Waals surface area contributed by atoms with Gasteiger partial charge in [-0.3, -0.25) is 4.72 Å². The van der Waals surface area contributed by atoms with Crippen LogP contribution >= 0.6 is 38.9 Å². The van der Waals surface area contributed by atoms with Crippen LogP contribution in [-0.2, 0) is 14.8 Å². The Kier molecular flexibility index (Phi) is 5.00. The average molecular weight is 427 g/mol. The number of anilines is 1. The molecule has 10 heteroatoms. The fourth-order valence-corrected chi connectivity index (χ4v) is 5.65. The molecular weight excluding hydrogens is 418 g/mol. The number of hydrogen-bond acceptors (Lipinski definition) is 6. The van der Waals surface area contributed by atoms with Gasteiger partial charge in [-0.15, -0.1) is 11.3 Å². The summed E-state index contributed by atoms with van der Waals surface area (Å²) in [6.45, 7) is 0. The fourth-order valence-electron chi connectivity index (χ4n) is 1.59. The van der Waals surface area contributed by atoms with Gasteiger partial charge in [0.25, 0.3) is 10.0 Å². The van der Waals surface area contributed by atoms with E-state index in [1.165, 1.54) is 25.3 Å². The molecule has 0 spiro atoms. The molecule has 2 aromatic rings. The van der Waals surface area contributed by atoms with Crippen LogP contribution in [0.25, 0.3) is 0 Å².